The van der Waals surface area contributed by atoms with Gasteiger partial charge in [0.05, 0.1) is 23.8 Å². The summed E-state index contributed by atoms with van der Waals surface area (Å²) in [5, 5.41) is 2.57. The fourth-order valence-electron chi connectivity index (χ4n) is 2.81. The molecule has 136 valence electrons. The fraction of sp³-hybridized carbons (Fsp3) is 0.500. The van der Waals surface area contributed by atoms with Crippen LogP contribution in [0.15, 0.2) is 12.1 Å². The van der Waals surface area contributed by atoms with Crippen LogP contribution in [0.2, 0.25) is 0 Å². The van der Waals surface area contributed by atoms with Crippen molar-refractivity contribution in [3.05, 3.63) is 23.3 Å². The molecule has 1 aliphatic rings. The molecule has 25 heavy (non-hydrogen) atoms. The number of fused-ring (bicyclic) bond motifs is 1. The molecular weight excluding hydrogens is 324 g/mol. The molecule has 0 bridgehead atoms. The van der Waals surface area contributed by atoms with Gasteiger partial charge < -0.3 is 14.4 Å². The van der Waals surface area contributed by atoms with Crippen molar-refractivity contribution in [2.24, 2.45) is 0 Å². The Morgan fingerprint density at radius 3 is 2.32 bits per heavy atom. The van der Waals surface area contributed by atoms with E-state index in [9.17, 15) is 14.4 Å². The third-order valence-corrected chi connectivity index (χ3v) is 4.05. The predicted octanol–water partition coefficient (Wildman–Crippen LogP) is 3.07. The van der Waals surface area contributed by atoms with Crippen LogP contribution in [0.5, 0.6) is 0 Å². The topological polar surface area (TPSA) is 84.9 Å². The molecule has 7 nitrogen and oxygen atoms in total. The second-order valence-electron chi connectivity index (χ2n) is 7.52. The highest BCUT2D eigenvalue weighted by Crippen LogP contribution is 2.43. The number of hydrogen-bond acceptors (Lipinski definition) is 5. The number of carbonyl (C=O) groups excluding carboxylic acids is 3. The Kier molecular flexibility index (Phi) is 4.55. The van der Waals surface area contributed by atoms with E-state index in [0.717, 1.165) is 0 Å². The van der Waals surface area contributed by atoms with Crippen molar-refractivity contribution in [3.63, 3.8) is 0 Å². The lowest BCUT2D eigenvalue weighted by Crippen LogP contribution is -2.33. The Bertz CT molecular complexity index is 747. The van der Waals surface area contributed by atoms with Gasteiger partial charge in [0.15, 0.2) is 0 Å². The maximum atomic E-state index is 12.5. The number of esters is 1. The molecule has 0 aliphatic carbocycles. The van der Waals surface area contributed by atoms with E-state index in [1.165, 1.54) is 12.0 Å². The van der Waals surface area contributed by atoms with E-state index >= 15 is 0 Å². The zero-order valence-corrected chi connectivity index (χ0v) is 15.6. The molecule has 1 aliphatic heterocycles. The minimum atomic E-state index is -0.767. The Hall–Kier alpha value is -2.57. The second kappa shape index (κ2) is 6.06. The summed E-state index contributed by atoms with van der Waals surface area (Å²) in [4.78, 5) is 38.2. The van der Waals surface area contributed by atoms with Gasteiger partial charge in [-0.05, 0) is 52.3 Å². The molecule has 2 amide bonds. The summed E-state index contributed by atoms with van der Waals surface area (Å²) < 4.78 is 10.0. The van der Waals surface area contributed by atoms with Crippen LogP contribution >= 0.6 is 0 Å². The molecule has 0 saturated carbocycles. The average Bonchev–Trinajstić information content (AvgIpc) is 2.65. The van der Waals surface area contributed by atoms with Crippen LogP contribution in [-0.2, 0) is 19.7 Å². The number of nitrogens with zero attached hydrogens (tertiary/aromatic N) is 1. The van der Waals surface area contributed by atoms with Crippen LogP contribution in [0.3, 0.4) is 0 Å². The van der Waals surface area contributed by atoms with Gasteiger partial charge in [0, 0.05) is 12.7 Å². The average molecular weight is 348 g/mol. The Balaban J connectivity index is 2.52. The van der Waals surface area contributed by atoms with Gasteiger partial charge in [-0.1, -0.05) is 0 Å². The van der Waals surface area contributed by atoms with E-state index in [1.54, 1.807) is 53.8 Å². The molecule has 0 aromatic heterocycles. The molecule has 2 rings (SSSR count). The van der Waals surface area contributed by atoms with Crippen LogP contribution < -0.4 is 10.2 Å². The standard InChI is InChI=1S/C18H24N2O5/c1-17(2,3)25-16(23)19-12-9-13-11(8-10(12)14(21)24-7)18(4,5)15(22)20(13)6/h8-9H,1-7H3,(H,19,23). The van der Waals surface area contributed by atoms with E-state index in [1.807, 2.05) is 0 Å². The lowest BCUT2D eigenvalue weighted by atomic mass is 9.85. The highest BCUT2D eigenvalue weighted by Gasteiger charge is 2.43. The summed E-state index contributed by atoms with van der Waals surface area (Å²) in [6, 6.07) is 3.19. The number of carbonyl (C=O) groups is 3. The number of ether oxygens (including phenoxy) is 2. The van der Waals surface area contributed by atoms with Crippen molar-refractivity contribution < 1.29 is 23.9 Å². The quantitative estimate of drug-likeness (QED) is 0.830. The summed E-state index contributed by atoms with van der Waals surface area (Å²) in [6.45, 7) is 8.81. The van der Waals surface area contributed by atoms with Gasteiger partial charge in [0.2, 0.25) is 5.91 Å². The van der Waals surface area contributed by atoms with E-state index in [4.69, 9.17) is 9.47 Å². The van der Waals surface area contributed by atoms with Gasteiger partial charge in [0.1, 0.15) is 5.60 Å². The zero-order valence-electron chi connectivity index (χ0n) is 15.6. The first-order chi connectivity index (χ1) is 11.4. The number of methoxy groups -OCH3 is 1. The number of anilines is 2. The number of likely N-dealkylation sites (N-methyl/N-ethyl adjacent to an activating group) is 1. The molecule has 0 radical (unpaired) electrons. The maximum absolute atomic E-state index is 12.5. The molecule has 0 fully saturated rings. The molecule has 1 aromatic carbocycles. The van der Waals surface area contributed by atoms with E-state index in [0.29, 0.717) is 11.3 Å². The van der Waals surface area contributed by atoms with Crippen molar-refractivity contribution in [3.8, 4) is 0 Å². The van der Waals surface area contributed by atoms with Crippen LogP contribution in [-0.4, -0.2) is 37.7 Å². The van der Waals surface area contributed by atoms with Gasteiger partial charge >= 0.3 is 12.1 Å². The van der Waals surface area contributed by atoms with E-state index in [2.05, 4.69) is 5.32 Å². The molecule has 1 aromatic rings. The second-order valence-corrected chi connectivity index (χ2v) is 7.52. The van der Waals surface area contributed by atoms with Gasteiger partial charge in [-0.25, -0.2) is 9.59 Å². The smallest absolute Gasteiger partial charge is 0.412 e. The Morgan fingerprint density at radius 1 is 1.20 bits per heavy atom. The van der Waals surface area contributed by atoms with Crippen molar-refractivity contribution in [2.45, 2.75) is 45.6 Å². The minimum Gasteiger partial charge on any atom is -0.465 e. The SMILES string of the molecule is COC(=O)c1cc2c(cc1NC(=O)OC(C)(C)C)N(C)C(=O)C2(C)C. The molecule has 0 unspecified atom stereocenters. The van der Waals surface area contributed by atoms with Gasteiger partial charge in [-0.15, -0.1) is 0 Å². The summed E-state index contributed by atoms with van der Waals surface area (Å²) >= 11 is 0. The molecule has 1 N–H and O–H groups in total. The van der Waals surface area contributed by atoms with Crippen LogP contribution in [0.4, 0.5) is 16.2 Å². The first-order valence-corrected chi connectivity index (χ1v) is 7.93. The summed E-state index contributed by atoms with van der Waals surface area (Å²) in [7, 11) is 2.92. The van der Waals surface area contributed by atoms with Gasteiger partial charge in [0.25, 0.3) is 0 Å². The van der Waals surface area contributed by atoms with Crippen molar-refractivity contribution >= 4 is 29.3 Å². The Morgan fingerprint density at radius 2 is 1.80 bits per heavy atom. The maximum Gasteiger partial charge on any atom is 0.412 e. The van der Waals surface area contributed by atoms with Crippen LogP contribution in [0.1, 0.15) is 50.5 Å². The normalized spacial score (nSPS) is 15.6. The zero-order chi connectivity index (χ0) is 19.2. The lowest BCUT2D eigenvalue weighted by molar-refractivity contribution is -0.121. The minimum absolute atomic E-state index is 0.0901. The summed E-state index contributed by atoms with van der Waals surface area (Å²) in [6.07, 6.45) is -0.691. The summed E-state index contributed by atoms with van der Waals surface area (Å²) in [5.41, 5.74) is 0.294. The monoisotopic (exact) mass is 348 g/mol. The molecule has 1 heterocycles. The molecule has 7 heteroatoms. The third kappa shape index (κ3) is 3.45. The number of rotatable bonds is 2. The largest absolute Gasteiger partial charge is 0.465 e. The number of benzene rings is 1. The number of hydrogen-bond donors (Lipinski definition) is 1. The van der Waals surface area contributed by atoms with Crippen molar-refractivity contribution in [1.82, 2.24) is 0 Å². The van der Waals surface area contributed by atoms with E-state index < -0.39 is 23.1 Å². The van der Waals surface area contributed by atoms with Crippen LogP contribution in [0.25, 0.3) is 0 Å². The van der Waals surface area contributed by atoms with E-state index in [-0.39, 0.29) is 17.2 Å². The first-order valence-electron chi connectivity index (χ1n) is 7.93. The highest BCUT2D eigenvalue weighted by molar-refractivity contribution is 6.10. The van der Waals surface area contributed by atoms with Gasteiger partial charge in [-0.3, -0.25) is 10.1 Å². The molecule has 0 spiro atoms. The fourth-order valence-corrected chi connectivity index (χ4v) is 2.81. The number of nitrogens with one attached hydrogen (secondary N) is 1. The lowest BCUT2D eigenvalue weighted by Gasteiger charge is -2.21. The third-order valence-electron chi connectivity index (χ3n) is 4.05. The predicted molar refractivity (Wildman–Crippen MR) is 94.1 cm³/mol. The molecule has 0 atom stereocenters. The van der Waals surface area contributed by atoms with Crippen molar-refractivity contribution in [2.75, 3.05) is 24.4 Å². The first kappa shape index (κ1) is 18.8. The molecule has 0 saturated heterocycles. The van der Waals surface area contributed by atoms with Crippen molar-refractivity contribution in [1.29, 1.82) is 0 Å². The molecular formula is C18H24N2O5. The highest BCUT2D eigenvalue weighted by atomic mass is 16.6. The Labute approximate surface area is 147 Å². The van der Waals surface area contributed by atoms with Gasteiger partial charge in [-0.2, -0.15) is 0 Å². The number of amides is 2. The van der Waals surface area contributed by atoms with Crippen LogP contribution in [0, 0.1) is 0 Å². The summed E-state index contributed by atoms with van der Waals surface area (Å²) in [5.74, 6) is -0.695.